The van der Waals surface area contributed by atoms with Crippen LogP contribution in [0, 0.1) is 0 Å². The Morgan fingerprint density at radius 3 is 2.47 bits per heavy atom. The Morgan fingerprint density at radius 2 is 2.00 bits per heavy atom. The highest BCUT2D eigenvalue weighted by atomic mass is 16.4. The molecule has 17 heavy (non-hydrogen) atoms. The zero-order valence-corrected chi connectivity index (χ0v) is 9.84. The summed E-state index contributed by atoms with van der Waals surface area (Å²) in [6, 6.07) is 7.13. The van der Waals surface area contributed by atoms with Gasteiger partial charge in [0.05, 0.1) is 6.54 Å². The van der Waals surface area contributed by atoms with E-state index in [-0.39, 0.29) is 18.3 Å². The summed E-state index contributed by atoms with van der Waals surface area (Å²) in [5.41, 5.74) is 6.78. The molecule has 0 aromatic heterocycles. The van der Waals surface area contributed by atoms with E-state index in [1.54, 1.807) is 12.1 Å². The number of amidine groups is 1. The lowest BCUT2D eigenvalue weighted by Crippen LogP contribution is -2.33. The molecular formula is C11H16N4O2. The van der Waals surface area contributed by atoms with Crippen LogP contribution in [0.2, 0.25) is 0 Å². The van der Waals surface area contributed by atoms with Gasteiger partial charge in [-0.15, -0.1) is 0 Å². The maximum Gasteiger partial charge on any atom is 0.251 e. The lowest BCUT2D eigenvalue weighted by molar-refractivity contribution is 0.0959. The number of hydrogen-bond donors (Lipinski definition) is 3. The summed E-state index contributed by atoms with van der Waals surface area (Å²) in [5.74, 6) is -0.301. The fourth-order valence-corrected chi connectivity index (χ4v) is 1.22. The zero-order chi connectivity index (χ0) is 12.8. The average Bonchev–Trinajstić information content (AvgIpc) is 2.35. The SMILES string of the molecule is CN(C)c1ccc(C(=O)NC/C(N)=N/O)cc1. The number of benzene rings is 1. The molecule has 0 saturated carbocycles. The van der Waals surface area contributed by atoms with E-state index in [9.17, 15) is 4.79 Å². The molecule has 0 fully saturated rings. The molecule has 92 valence electrons. The monoisotopic (exact) mass is 236 g/mol. The molecule has 6 nitrogen and oxygen atoms in total. The Hall–Kier alpha value is -2.24. The van der Waals surface area contributed by atoms with Gasteiger partial charge in [-0.3, -0.25) is 4.79 Å². The Kier molecular flexibility index (Phi) is 4.33. The topological polar surface area (TPSA) is 91.0 Å². The molecule has 0 radical (unpaired) electrons. The molecular weight excluding hydrogens is 220 g/mol. The molecule has 6 heteroatoms. The van der Waals surface area contributed by atoms with Crippen LogP contribution in [0.15, 0.2) is 29.4 Å². The molecule has 0 unspecified atom stereocenters. The Bertz CT molecular complexity index is 412. The number of anilines is 1. The number of rotatable bonds is 4. The van der Waals surface area contributed by atoms with Crippen molar-refractivity contribution in [3.8, 4) is 0 Å². The van der Waals surface area contributed by atoms with Crippen molar-refractivity contribution >= 4 is 17.4 Å². The Morgan fingerprint density at radius 1 is 1.41 bits per heavy atom. The van der Waals surface area contributed by atoms with Crippen LogP contribution in [0.3, 0.4) is 0 Å². The average molecular weight is 236 g/mol. The fourth-order valence-electron chi connectivity index (χ4n) is 1.22. The van der Waals surface area contributed by atoms with Gasteiger partial charge in [-0.25, -0.2) is 0 Å². The molecule has 0 spiro atoms. The molecule has 4 N–H and O–H groups in total. The van der Waals surface area contributed by atoms with E-state index in [4.69, 9.17) is 10.9 Å². The molecule has 0 aliphatic rings. The third-order valence-corrected chi connectivity index (χ3v) is 2.20. The number of oxime groups is 1. The molecule has 0 saturated heterocycles. The predicted molar refractivity (Wildman–Crippen MR) is 66.5 cm³/mol. The molecule has 1 rings (SSSR count). The molecule has 0 heterocycles. The van der Waals surface area contributed by atoms with Crippen molar-refractivity contribution < 1.29 is 10.0 Å². The first kappa shape index (κ1) is 12.8. The molecule has 0 aliphatic carbocycles. The van der Waals surface area contributed by atoms with Gasteiger partial charge < -0.3 is 21.2 Å². The van der Waals surface area contributed by atoms with Gasteiger partial charge >= 0.3 is 0 Å². The van der Waals surface area contributed by atoms with E-state index in [1.165, 1.54) is 0 Å². The molecule has 0 bridgehead atoms. The molecule has 1 amide bonds. The van der Waals surface area contributed by atoms with Crippen LogP contribution in [-0.4, -0.2) is 37.6 Å². The van der Waals surface area contributed by atoms with Crippen molar-refractivity contribution in [1.29, 1.82) is 0 Å². The summed E-state index contributed by atoms with van der Waals surface area (Å²) in [7, 11) is 3.85. The van der Waals surface area contributed by atoms with E-state index < -0.39 is 0 Å². The Labute approximate surface area is 99.7 Å². The van der Waals surface area contributed by atoms with Gasteiger partial charge in [-0.2, -0.15) is 0 Å². The maximum atomic E-state index is 11.6. The lowest BCUT2D eigenvalue weighted by atomic mass is 10.2. The van der Waals surface area contributed by atoms with Gasteiger partial charge in [-0.1, -0.05) is 5.16 Å². The third kappa shape index (κ3) is 3.67. The summed E-state index contributed by atoms with van der Waals surface area (Å²) < 4.78 is 0. The number of nitrogens with zero attached hydrogens (tertiary/aromatic N) is 2. The van der Waals surface area contributed by atoms with Crippen molar-refractivity contribution in [1.82, 2.24) is 5.32 Å². The fraction of sp³-hybridized carbons (Fsp3) is 0.273. The van der Waals surface area contributed by atoms with Crippen LogP contribution in [0.25, 0.3) is 0 Å². The predicted octanol–water partition coefficient (Wildman–Crippen LogP) is 0.229. The van der Waals surface area contributed by atoms with Gasteiger partial charge in [0.15, 0.2) is 5.84 Å². The summed E-state index contributed by atoms with van der Waals surface area (Å²) in [4.78, 5) is 13.6. The number of hydrogen-bond acceptors (Lipinski definition) is 4. The minimum atomic E-state index is -0.262. The van der Waals surface area contributed by atoms with Crippen LogP contribution in [-0.2, 0) is 0 Å². The second-order valence-electron chi connectivity index (χ2n) is 3.72. The molecule has 0 atom stereocenters. The van der Waals surface area contributed by atoms with Gasteiger partial charge in [-0.05, 0) is 24.3 Å². The first-order valence-corrected chi connectivity index (χ1v) is 5.06. The molecule has 1 aromatic rings. The number of carbonyl (C=O) groups is 1. The van der Waals surface area contributed by atoms with Crippen molar-refractivity contribution in [3.05, 3.63) is 29.8 Å². The van der Waals surface area contributed by atoms with Crippen LogP contribution in [0.1, 0.15) is 10.4 Å². The molecule has 1 aromatic carbocycles. The standard InChI is InChI=1S/C11H16N4O2/c1-15(2)9-5-3-8(4-6-9)11(16)13-7-10(12)14-17/h3-6,17H,7H2,1-2H3,(H2,12,14)(H,13,16). The lowest BCUT2D eigenvalue weighted by Gasteiger charge is -2.12. The van der Waals surface area contributed by atoms with Gasteiger partial charge in [0.1, 0.15) is 0 Å². The Balaban J connectivity index is 2.64. The number of carbonyl (C=O) groups excluding carboxylic acids is 1. The van der Waals surface area contributed by atoms with Crippen LogP contribution in [0.4, 0.5) is 5.69 Å². The maximum absolute atomic E-state index is 11.6. The van der Waals surface area contributed by atoms with Crippen LogP contribution < -0.4 is 16.0 Å². The summed E-state index contributed by atoms with van der Waals surface area (Å²) in [5, 5.41) is 13.6. The number of nitrogens with two attached hydrogens (primary N) is 1. The van der Waals surface area contributed by atoms with Gasteiger partial charge in [0.25, 0.3) is 5.91 Å². The number of nitrogens with one attached hydrogen (secondary N) is 1. The van der Waals surface area contributed by atoms with Crippen molar-refractivity contribution in [2.45, 2.75) is 0 Å². The summed E-state index contributed by atoms with van der Waals surface area (Å²) in [6.45, 7) is 0.0186. The highest BCUT2D eigenvalue weighted by Gasteiger charge is 2.05. The van der Waals surface area contributed by atoms with Crippen molar-refractivity contribution in [3.63, 3.8) is 0 Å². The minimum Gasteiger partial charge on any atom is -0.409 e. The van der Waals surface area contributed by atoms with Crippen LogP contribution in [0.5, 0.6) is 0 Å². The van der Waals surface area contributed by atoms with Crippen molar-refractivity contribution in [2.75, 3.05) is 25.5 Å². The van der Waals surface area contributed by atoms with E-state index in [0.29, 0.717) is 5.56 Å². The molecule has 0 aliphatic heterocycles. The second kappa shape index (κ2) is 5.74. The summed E-state index contributed by atoms with van der Waals surface area (Å²) in [6.07, 6.45) is 0. The van der Waals surface area contributed by atoms with Crippen LogP contribution >= 0.6 is 0 Å². The number of amides is 1. The minimum absolute atomic E-state index is 0.0186. The largest absolute Gasteiger partial charge is 0.409 e. The first-order valence-electron chi connectivity index (χ1n) is 5.06. The normalized spacial score (nSPS) is 11.1. The third-order valence-electron chi connectivity index (χ3n) is 2.20. The van der Waals surface area contributed by atoms with Gasteiger partial charge in [0, 0.05) is 25.3 Å². The highest BCUT2D eigenvalue weighted by molar-refractivity contribution is 5.97. The van der Waals surface area contributed by atoms with Gasteiger partial charge in [0.2, 0.25) is 0 Å². The quantitative estimate of drug-likeness (QED) is 0.302. The smallest absolute Gasteiger partial charge is 0.251 e. The zero-order valence-electron chi connectivity index (χ0n) is 9.84. The highest BCUT2D eigenvalue weighted by Crippen LogP contribution is 2.11. The van der Waals surface area contributed by atoms with Crippen molar-refractivity contribution in [2.24, 2.45) is 10.9 Å². The van der Waals surface area contributed by atoms with E-state index in [1.807, 2.05) is 31.1 Å². The first-order chi connectivity index (χ1) is 8.04. The summed E-state index contributed by atoms with van der Waals surface area (Å²) >= 11 is 0. The van der Waals surface area contributed by atoms with E-state index in [0.717, 1.165) is 5.69 Å². The van der Waals surface area contributed by atoms with E-state index >= 15 is 0 Å². The second-order valence-corrected chi connectivity index (χ2v) is 3.72. The van der Waals surface area contributed by atoms with E-state index in [2.05, 4.69) is 10.5 Å².